The quantitative estimate of drug-likeness (QED) is 0.138. The molecule has 1 unspecified atom stereocenters. The molecule has 0 N–H and O–H groups in total. The third kappa shape index (κ3) is 11.3. The fourth-order valence-corrected chi connectivity index (χ4v) is 3.72. The number of rotatable bonds is 18. The lowest BCUT2D eigenvalue weighted by Gasteiger charge is -2.31. The minimum atomic E-state index is -0.740. The highest BCUT2D eigenvalue weighted by atomic mass is 16.6. The molecule has 0 aliphatic carbocycles. The van der Waals surface area contributed by atoms with E-state index in [-0.39, 0.29) is 37.0 Å². The van der Waals surface area contributed by atoms with Gasteiger partial charge in [-0.2, -0.15) is 0 Å². The van der Waals surface area contributed by atoms with E-state index in [1.807, 2.05) is 27.7 Å². The average molecular weight is 457 g/mol. The fourth-order valence-electron chi connectivity index (χ4n) is 3.72. The summed E-state index contributed by atoms with van der Waals surface area (Å²) < 4.78 is 16.2. The van der Waals surface area contributed by atoms with Crippen LogP contribution >= 0.6 is 0 Å². The highest BCUT2D eigenvalue weighted by Crippen LogP contribution is 2.36. The molecular formula is C26H48O6. The number of unbranched alkanes of at least 4 members (excludes halogenated alkanes) is 1. The van der Waals surface area contributed by atoms with E-state index in [4.69, 9.17) is 14.2 Å². The number of carbonyl (C=O) groups is 3. The van der Waals surface area contributed by atoms with Crippen LogP contribution in [0, 0.1) is 16.7 Å². The van der Waals surface area contributed by atoms with Crippen LogP contribution in [0.15, 0.2) is 0 Å². The molecule has 6 nitrogen and oxygen atoms in total. The molecule has 188 valence electrons. The zero-order valence-electron chi connectivity index (χ0n) is 21.7. The molecule has 0 spiro atoms. The Bertz CT molecular complexity index is 551. The molecule has 0 radical (unpaired) electrons. The molecule has 32 heavy (non-hydrogen) atoms. The molecule has 0 saturated carbocycles. The van der Waals surface area contributed by atoms with Crippen molar-refractivity contribution >= 4 is 17.9 Å². The normalized spacial score (nSPS) is 13.5. The summed E-state index contributed by atoms with van der Waals surface area (Å²) in [6.45, 7) is 14.3. The number of ether oxygens (including phenoxy) is 3. The molecule has 0 aliphatic heterocycles. The second-order valence-corrected chi connectivity index (χ2v) is 9.76. The van der Waals surface area contributed by atoms with Crippen molar-refractivity contribution in [1.82, 2.24) is 0 Å². The van der Waals surface area contributed by atoms with Crippen LogP contribution in [0.1, 0.15) is 113 Å². The van der Waals surface area contributed by atoms with Crippen LogP contribution in [-0.4, -0.2) is 37.7 Å². The molecule has 0 aromatic rings. The first-order valence-corrected chi connectivity index (χ1v) is 12.6. The lowest BCUT2D eigenvalue weighted by Crippen LogP contribution is -2.34. The molecule has 1 atom stereocenters. The van der Waals surface area contributed by atoms with Gasteiger partial charge in [-0.15, -0.1) is 0 Å². The standard InChI is InChI=1S/C26H48O6/c1-8-12-18-31-24(29)26(7,15-11-4)17-16-25(5,6)23(28)32-20-19-30-22(27)21(13-9-2)14-10-3/h21H,8-20H2,1-7H3. The van der Waals surface area contributed by atoms with Gasteiger partial charge in [-0.05, 0) is 59.3 Å². The van der Waals surface area contributed by atoms with Gasteiger partial charge in [0.2, 0.25) is 0 Å². The zero-order chi connectivity index (χ0) is 24.6. The van der Waals surface area contributed by atoms with Gasteiger partial charge in [0.25, 0.3) is 0 Å². The summed E-state index contributed by atoms with van der Waals surface area (Å²) in [6, 6.07) is 0. The largest absolute Gasteiger partial charge is 0.465 e. The van der Waals surface area contributed by atoms with Crippen molar-refractivity contribution in [2.24, 2.45) is 16.7 Å². The highest BCUT2D eigenvalue weighted by molar-refractivity contribution is 5.78. The maximum atomic E-state index is 12.7. The van der Waals surface area contributed by atoms with E-state index < -0.39 is 10.8 Å². The smallest absolute Gasteiger partial charge is 0.311 e. The SMILES string of the molecule is CCCCOC(=O)C(C)(CCC)CCC(C)(C)C(=O)OCCOC(=O)C(CCC)CCC. The van der Waals surface area contributed by atoms with Crippen molar-refractivity contribution < 1.29 is 28.6 Å². The Labute approximate surface area is 196 Å². The first-order chi connectivity index (χ1) is 15.1. The Balaban J connectivity index is 4.63. The first kappa shape index (κ1) is 30.4. The number of esters is 3. The molecule has 0 aliphatic rings. The van der Waals surface area contributed by atoms with E-state index >= 15 is 0 Å². The van der Waals surface area contributed by atoms with Gasteiger partial charge in [0.15, 0.2) is 0 Å². The molecule has 0 rings (SSSR count). The second kappa shape index (κ2) is 16.1. The molecular weight excluding hydrogens is 408 g/mol. The monoisotopic (exact) mass is 456 g/mol. The van der Waals surface area contributed by atoms with E-state index in [9.17, 15) is 14.4 Å². The van der Waals surface area contributed by atoms with Crippen LogP contribution in [-0.2, 0) is 28.6 Å². The van der Waals surface area contributed by atoms with Crippen LogP contribution in [0.5, 0.6) is 0 Å². The van der Waals surface area contributed by atoms with E-state index in [1.54, 1.807) is 0 Å². The van der Waals surface area contributed by atoms with Gasteiger partial charge in [-0.1, -0.05) is 53.4 Å². The highest BCUT2D eigenvalue weighted by Gasteiger charge is 2.38. The fraction of sp³-hybridized carbons (Fsp3) is 0.885. The summed E-state index contributed by atoms with van der Waals surface area (Å²) in [6.07, 6.45) is 7.99. The van der Waals surface area contributed by atoms with Gasteiger partial charge in [-0.25, -0.2) is 0 Å². The lowest BCUT2D eigenvalue weighted by atomic mass is 9.75. The Morgan fingerprint density at radius 3 is 1.75 bits per heavy atom. The molecule has 0 saturated heterocycles. The van der Waals surface area contributed by atoms with Crippen molar-refractivity contribution in [2.45, 2.75) is 113 Å². The Kier molecular flexibility index (Phi) is 15.3. The van der Waals surface area contributed by atoms with Crippen molar-refractivity contribution in [3.63, 3.8) is 0 Å². The van der Waals surface area contributed by atoms with E-state index in [1.165, 1.54) is 0 Å². The Hall–Kier alpha value is -1.59. The maximum absolute atomic E-state index is 12.7. The Morgan fingerprint density at radius 1 is 0.656 bits per heavy atom. The van der Waals surface area contributed by atoms with E-state index in [0.29, 0.717) is 19.4 Å². The first-order valence-electron chi connectivity index (χ1n) is 12.6. The second-order valence-electron chi connectivity index (χ2n) is 9.76. The molecule has 0 amide bonds. The van der Waals surface area contributed by atoms with E-state index in [0.717, 1.165) is 51.4 Å². The van der Waals surface area contributed by atoms with Crippen molar-refractivity contribution in [1.29, 1.82) is 0 Å². The summed E-state index contributed by atoms with van der Waals surface area (Å²) in [7, 11) is 0. The predicted octanol–water partition coefficient (Wildman–Crippen LogP) is 6.25. The predicted molar refractivity (Wildman–Crippen MR) is 127 cm³/mol. The summed E-state index contributed by atoms with van der Waals surface area (Å²) >= 11 is 0. The van der Waals surface area contributed by atoms with Crippen molar-refractivity contribution in [2.75, 3.05) is 19.8 Å². The van der Waals surface area contributed by atoms with Crippen LogP contribution in [0.4, 0.5) is 0 Å². The number of hydrogen-bond donors (Lipinski definition) is 0. The van der Waals surface area contributed by atoms with Crippen LogP contribution in [0.2, 0.25) is 0 Å². The van der Waals surface area contributed by atoms with Crippen molar-refractivity contribution in [3.05, 3.63) is 0 Å². The molecule has 6 heteroatoms. The van der Waals surface area contributed by atoms with Crippen molar-refractivity contribution in [3.8, 4) is 0 Å². The minimum absolute atomic E-state index is 0.0459. The molecule has 0 aromatic carbocycles. The summed E-state index contributed by atoms with van der Waals surface area (Å²) in [5.74, 6) is -0.811. The van der Waals surface area contributed by atoms with Gasteiger partial charge >= 0.3 is 17.9 Å². The van der Waals surface area contributed by atoms with Crippen LogP contribution in [0.3, 0.4) is 0 Å². The van der Waals surface area contributed by atoms with Gasteiger partial charge in [0, 0.05) is 0 Å². The van der Waals surface area contributed by atoms with Gasteiger partial charge in [0.05, 0.1) is 23.4 Å². The van der Waals surface area contributed by atoms with E-state index in [2.05, 4.69) is 20.8 Å². The van der Waals surface area contributed by atoms with Gasteiger partial charge in [0.1, 0.15) is 13.2 Å². The zero-order valence-corrected chi connectivity index (χ0v) is 21.7. The van der Waals surface area contributed by atoms with Gasteiger partial charge in [-0.3, -0.25) is 14.4 Å². The minimum Gasteiger partial charge on any atom is -0.465 e. The number of hydrogen-bond acceptors (Lipinski definition) is 6. The lowest BCUT2D eigenvalue weighted by molar-refractivity contribution is -0.162. The molecule has 0 fully saturated rings. The number of carbonyl (C=O) groups excluding carboxylic acids is 3. The third-order valence-electron chi connectivity index (χ3n) is 6.05. The topological polar surface area (TPSA) is 78.9 Å². The molecule has 0 aromatic heterocycles. The average Bonchev–Trinajstić information content (AvgIpc) is 2.75. The van der Waals surface area contributed by atoms with Crippen LogP contribution < -0.4 is 0 Å². The molecule has 0 heterocycles. The summed E-state index contributed by atoms with van der Waals surface area (Å²) in [5, 5.41) is 0. The summed E-state index contributed by atoms with van der Waals surface area (Å²) in [4.78, 5) is 37.5. The molecule has 0 bridgehead atoms. The Morgan fingerprint density at radius 2 is 1.22 bits per heavy atom. The summed E-state index contributed by atoms with van der Waals surface area (Å²) in [5.41, 5.74) is -1.35. The van der Waals surface area contributed by atoms with Gasteiger partial charge < -0.3 is 14.2 Å². The van der Waals surface area contributed by atoms with Crippen LogP contribution in [0.25, 0.3) is 0 Å². The maximum Gasteiger partial charge on any atom is 0.311 e. The third-order valence-corrected chi connectivity index (χ3v) is 6.05.